The summed E-state index contributed by atoms with van der Waals surface area (Å²) in [7, 11) is 0. The van der Waals surface area contributed by atoms with Crippen LogP contribution in [0.2, 0.25) is 0 Å². The van der Waals surface area contributed by atoms with E-state index in [-0.39, 0.29) is 24.2 Å². The summed E-state index contributed by atoms with van der Waals surface area (Å²) in [5.41, 5.74) is 3.75. The number of nitrogens with one attached hydrogen (secondary N) is 1. The van der Waals surface area contributed by atoms with Crippen molar-refractivity contribution >= 4 is 23.2 Å². The van der Waals surface area contributed by atoms with Gasteiger partial charge in [0.15, 0.2) is 0 Å². The van der Waals surface area contributed by atoms with Crippen LogP contribution in [-0.2, 0) is 16.1 Å². The Morgan fingerprint density at radius 3 is 2.64 bits per heavy atom. The zero-order valence-corrected chi connectivity index (χ0v) is 15.7. The molecule has 142 valence electrons. The first kappa shape index (κ1) is 18.0. The van der Waals surface area contributed by atoms with Crippen molar-refractivity contribution in [3.63, 3.8) is 0 Å². The molecule has 1 atom stereocenters. The van der Waals surface area contributed by atoms with E-state index in [1.165, 1.54) is 0 Å². The molecule has 0 saturated carbocycles. The lowest BCUT2D eigenvalue weighted by Crippen LogP contribution is -2.28. The summed E-state index contributed by atoms with van der Waals surface area (Å²) in [5, 5.41) is 7.19. The molecular formula is C22H22N4O2. The van der Waals surface area contributed by atoms with Gasteiger partial charge < -0.3 is 10.2 Å². The van der Waals surface area contributed by atoms with Gasteiger partial charge in [-0.3, -0.25) is 14.3 Å². The lowest BCUT2D eigenvalue weighted by molar-refractivity contribution is -0.122. The van der Waals surface area contributed by atoms with Crippen LogP contribution >= 0.6 is 0 Å². The first-order chi connectivity index (χ1) is 13.6. The molecule has 0 radical (unpaired) electrons. The normalized spacial score (nSPS) is 16.4. The van der Waals surface area contributed by atoms with E-state index in [9.17, 15) is 9.59 Å². The number of carbonyl (C=O) groups excluding carboxylic acids is 2. The molecule has 1 aliphatic rings. The van der Waals surface area contributed by atoms with Crippen LogP contribution in [0.4, 0.5) is 11.4 Å². The van der Waals surface area contributed by atoms with Gasteiger partial charge in [0.1, 0.15) is 0 Å². The van der Waals surface area contributed by atoms with Gasteiger partial charge in [-0.25, -0.2) is 0 Å². The molecule has 1 unspecified atom stereocenters. The number of aryl methyl sites for hydroxylation is 1. The van der Waals surface area contributed by atoms with Gasteiger partial charge in [-0.15, -0.1) is 0 Å². The Bertz CT molecular complexity index is 979. The van der Waals surface area contributed by atoms with Gasteiger partial charge >= 0.3 is 0 Å². The second-order valence-electron chi connectivity index (χ2n) is 7.14. The van der Waals surface area contributed by atoms with Gasteiger partial charge in [0.2, 0.25) is 11.8 Å². The molecule has 2 aromatic carbocycles. The predicted molar refractivity (Wildman–Crippen MR) is 108 cm³/mol. The number of nitrogens with zero attached hydrogens (tertiary/aromatic N) is 3. The topological polar surface area (TPSA) is 67.2 Å². The largest absolute Gasteiger partial charge is 0.323 e. The average Bonchev–Trinajstić information content (AvgIpc) is 3.30. The molecule has 1 aliphatic heterocycles. The molecule has 1 N–H and O–H groups in total. The van der Waals surface area contributed by atoms with E-state index in [0.717, 1.165) is 16.8 Å². The fourth-order valence-corrected chi connectivity index (χ4v) is 3.39. The summed E-state index contributed by atoms with van der Waals surface area (Å²) in [6, 6.07) is 17.8. The highest BCUT2D eigenvalue weighted by Crippen LogP contribution is 2.26. The number of anilines is 2. The second kappa shape index (κ2) is 7.68. The van der Waals surface area contributed by atoms with Crippen LogP contribution in [0.1, 0.15) is 17.5 Å². The van der Waals surface area contributed by atoms with E-state index in [4.69, 9.17) is 0 Å². The highest BCUT2D eigenvalue weighted by Gasteiger charge is 2.35. The molecule has 2 heterocycles. The van der Waals surface area contributed by atoms with Gasteiger partial charge in [-0.2, -0.15) is 5.10 Å². The van der Waals surface area contributed by atoms with Crippen molar-refractivity contribution < 1.29 is 9.59 Å². The molecule has 1 fully saturated rings. The van der Waals surface area contributed by atoms with Crippen LogP contribution in [0.5, 0.6) is 0 Å². The third-order valence-electron chi connectivity index (χ3n) is 4.93. The van der Waals surface area contributed by atoms with Crippen molar-refractivity contribution in [1.82, 2.24) is 9.78 Å². The molecular weight excluding hydrogens is 352 g/mol. The van der Waals surface area contributed by atoms with E-state index in [0.29, 0.717) is 18.8 Å². The summed E-state index contributed by atoms with van der Waals surface area (Å²) < 4.78 is 1.78. The quantitative estimate of drug-likeness (QED) is 0.746. The first-order valence-corrected chi connectivity index (χ1v) is 9.33. The van der Waals surface area contributed by atoms with Gasteiger partial charge in [0.05, 0.1) is 24.3 Å². The highest BCUT2D eigenvalue weighted by molar-refractivity contribution is 6.03. The van der Waals surface area contributed by atoms with E-state index >= 15 is 0 Å². The van der Waals surface area contributed by atoms with E-state index < -0.39 is 0 Å². The maximum Gasteiger partial charge on any atom is 0.229 e. The summed E-state index contributed by atoms with van der Waals surface area (Å²) in [6.45, 7) is 3.04. The van der Waals surface area contributed by atoms with Crippen molar-refractivity contribution in [3.8, 4) is 0 Å². The number of rotatable bonds is 5. The van der Waals surface area contributed by atoms with Crippen LogP contribution in [-0.4, -0.2) is 28.1 Å². The molecule has 1 aromatic heterocycles. The van der Waals surface area contributed by atoms with Crippen LogP contribution < -0.4 is 10.2 Å². The SMILES string of the molecule is Cc1ccc(N2CC(C(=O)Nc3cnn(Cc4ccccc4)c3)CC2=O)cc1. The molecule has 3 aromatic rings. The molecule has 2 amide bonds. The first-order valence-electron chi connectivity index (χ1n) is 9.33. The van der Waals surface area contributed by atoms with E-state index in [1.54, 1.807) is 22.0 Å². The second-order valence-corrected chi connectivity index (χ2v) is 7.14. The fraction of sp³-hybridized carbons (Fsp3) is 0.227. The Morgan fingerprint density at radius 1 is 1.14 bits per heavy atom. The maximum atomic E-state index is 12.6. The monoisotopic (exact) mass is 374 g/mol. The van der Waals surface area contributed by atoms with Gasteiger partial charge in [-0.05, 0) is 24.6 Å². The van der Waals surface area contributed by atoms with Crippen LogP contribution in [0.15, 0.2) is 67.0 Å². The van der Waals surface area contributed by atoms with Crippen molar-refractivity contribution in [1.29, 1.82) is 0 Å². The molecule has 4 rings (SSSR count). The number of amides is 2. The van der Waals surface area contributed by atoms with Gasteiger partial charge in [0, 0.05) is 24.8 Å². The Balaban J connectivity index is 1.38. The van der Waals surface area contributed by atoms with Crippen molar-refractivity contribution in [2.75, 3.05) is 16.8 Å². The van der Waals surface area contributed by atoms with Crippen LogP contribution in [0.25, 0.3) is 0 Å². The molecule has 0 bridgehead atoms. The standard InChI is InChI=1S/C22H22N4O2/c1-16-7-9-20(10-8-16)26-14-18(11-21(26)27)22(28)24-19-12-23-25(15-19)13-17-5-3-2-4-6-17/h2-10,12,15,18H,11,13-14H2,1H3,(H,24,28). The lowest BCUT2D eigenvalue weighted by Gasteiger charge is -2.16. The number of hydrogen-bond acceptors (Lipinski definition) is 3. The molecule has 6 nitrogen and oxygen atoms in total. The number of benzene rings is 2. The van der Waals surface area contributed by atoms with Gasteiger partial charge in [-0.1, -0.05) is 48.0 Å². The summed E-state index contributed by atoms with van der Waals surface area (Å²) in [6.07, 6.45) is 3.66. The van der Waals surface area contributed by atoms with Gasteiger partial charge in [0.25, 0.3) is 0 Å². The molecule has 0 spiro atoms. The zero-order valence-electron chi connectivity index (χ0n) is 15.7. The number of carbonyl (C=O) groups is 2. The van der Waals surface area contributed by atoms with Crippen LogP contribution in [0.3, 0.4) is 0 Å². The molecule has 1 saturated heterocycles. The van der Waals surface area contributed by atoms with Crippen molar-refractivity contribution in [2.45, 2.75) is 19.9 Å². The maximum absolute atomic E-state index is 12.6. The van der Waals surface area contributed by atoms with Crippen LogP contribution in [0, 0.1) is 12.8 Å². The third-order valence-corrected chi connectivity index (χ3v) is 4.93. The minimum atomic E-state index is -0.369. The highest BCUT2D eigenvalue weighted by atomic mass is 16.2. The summed E-state index contributed by atoms with van der Waals surface area (Å²) in [5.74, 6) is -0.544. The van der Waals surface area contributed by atoms with Crippen molar-refractivity contribution in [3.05, 3.63) is 78.1 Å². The number of aromatic nitrogens is 2. The Morgan fingerprint density at radius 2 is 1.89 bits per heavy atom. The van der Waals surface area contributed by atoms with E-state index in [2.05, 4.69) is 10.4 Å². The summed E-state index contributed by atoms with van der Waals surface area (Å²) in [4.78, 5) is 26.7. The van der Waals surface area contributed by atoms with Crippen molar-refractivity contribution in [2.24, 2.45) is 5.92 Å². The average molecular weight is 374 g/mol. The van der Waals surface area contributed by atoms with E-state index in [1.807, 2.05) is 61.5 Å². The Hall–Kier alpha value is -3.41. The molecule has 0 aliphatic carbocycles. The summed E-state index contributed by atoms with van der Waals surface area (Å²) >= 11 is 0. The zero-order chi connectivity index (χ0) is 19.5. The smallest absolute Gasteiger partial charge is 0.229 e. The molecule has 6 heteroatoms. The predicted octanol–water partition coefficient (Wildman–Crippen LogP) is 3.23. The lowest BCUT2D eigenvalue weighted by atomic mass is 10.1. The Kier molecular flexibility index (Phi) is 4.93. The molecule has 28 heavy (non-hydrogen) atoms. The third kappa shape index (κ3) is 3.96. The minimum Gasteiger partial charge on any atom is -0.323 e. The number of hydrogen-bond donors (Lipinski definition) is 1. The fourth-order valence-electron chi connectivity index (χ4n) is 3.39. The Labute approximate surface area is 163 Å². The minimum absolute atomic E-state index is 0.0243.